The smallest absolute Gasteiger partial charge is 0.0452 e. The van der Waals surface area contributed by atoms with E-state index in [2.05, 4.69) is 25.6 Å². The molecule has 0 aromatic heterocycles. The van der Waals surface area contributed by atoms with E-state index in [-0.39, 0.29) is 0 Å². The fourth-order valence-corrected chi connectivity index (χ4v) is 1.28. The van der Waals surface area contributed by atoms with Crippen LogP contribution in [0.4, 0.5) is 5.69 Å². The van der Waals surface area contributed by atoms with Crippen LogP contribution >= 0.6 is 12.6 Å². The summed E-state index contributed by atoms with van der Waals surface area (Å²) in [5, 5.41) is 0. The maximum atomic E-state index is 5.72. The predicted octanol–water partition coefficient (Wildman–Crippen LogP) is 2.90. The van der Waals surface area contributed by atoms with Crippen LogP contribution in [0.5, 0.6) is 0 Å². The van der Waals surface area contributed by atoms with Crippen LogP contribution in [0.2, 0.25) is 0 Å². The number of nitrogen functional groups attached to an aromatic ring is 1. The molecule has 0 amide bonds. The second-order valence-electron chi connectivity index (χ2n) is 3.00. The van der Waals surface area contributed by atoms with Crippen LogP contribution in [0.25, 0.3) is 0 Å². The second-order valence-corrected chi connectivity index (χ2v) is 3.48. The lowest BCUT2D eigenvalue weighted by Crippen LogP contribution is -1.90. The van der Waals surface area contributed by atoms with E-state index in [1.807, 2.05) is 12.1 Å². The third kappa shape index (κ3) is 2.45. The van der Waals surface area contributed by atoms with Gasteiger partial charge in [0.05, 0.1) is 0 Å². The Labute approximate surface area is 79.4 Å². The number of thiol groups is 1. The molecule has 0 spiro atoms. The number of aryl methyl sites for hydroxylation is 1. The van der Waals surface area contributed by atoms with Crippen LogP contribution in [0.3, 0.4) is 0 Å². The topological polar surface area (TPSA) is 26.0 Å². The molecule has 1 aromatic rings. The zero-order valence-corrected chi connectivity index (χ0v) is 8.27. The van der Waals surface area contributed by atoms with E-state index in [1.165, 1.54) is 18.4 Å². The molecule has 0 aliphatic heterocycles. The molecule has 1 rings (SSSR count). The van der Waals surface area contributed by atoms with Gasteiger partial charge in [0.25, 0.3) is 0 Å². The normalized spacial score (nSPS) is 10.2. The molecule has 0 aliphatic rings. The first-order chi connectivity index (χ1) is 5.74. The van der Waals surface area contributed by atoms with E-state index >= 15 is 0 Å². The molecule has 0 fully saturated rings. The van der Waals surface area contributed by atoms with E-state index in [0.717, 1.165) is 17.0 Å². The molecule has 0 unspecified atom stereocenters. The van der Waals surface area contributed by atoms with Gasteiger partial charge in [0.15, 0.2) is 0 Å². The first kappa shape index (κ1) is 9.46. The summed E-state index contributed by atoms with van der Waals surface area (Å²) >= 11 is 4.21. The highest BCUT2D eigenvalue weighted by atomic mass is 32.1. The van der Waals surface area contributed by atoms with Crippen molar-refractivity contribution in [3.05, 3.63) is 23.8 Å². The molecule has 0 aliphatic carbocycles. The lowest BCUT2D eigenvalue weighted by Gasteiger charge is -2.03. The number of benzene rings is 1. The Bertz CT molecular complexity index is 258. The van der Waals surface area contributed by atoms with E-state index in [0.29, 0.717) is 0 Å². The molecule has 0 heterocycles. The fraction of sp³-hybridized carbons (Fsp3) is 0.400. The summed E-state index contributed by atoms with van der Waals surface area (Å²) < 4.78 is 0. The van der Waals surface area contributed by atoms with Gasteiger partial charge in [-0.3, -0.25) is 0 Å². The van der Waals surface area contributed by atoms with Crippen molar-refractivity contribution >= 4 is 18.3 Å². The maximum absolute atomic E-state index is 5.72. The quantitative estimate of drug-likeness (QED) is 0.544. The molecule has 2 N–H and O–H groups in total. The minimum absolute atomic E-state index is 0.784. The number of unbranched alkanes of at least 4 members (excludes halogenated alkanes) is 1. The Kier molecular flexibility index (Phi) is 3.48. The molecule has 2 heteroatoms. The summed E-state index contributed by atoms with van der Waals surface area (Å²) in [5.41, 5.74) is 7.81. The molecule has 0 atom stereocenters. The largest absolute Gasteiger partial charge is 0.398 e. The number of hydrogen-bond donors (Lipinski definition) is 2. The molecule has 0 radical (unpaired) electrons. The highest BCUT2D eigenvalue weighted by molar-refractivity contribution is 7.80. The Morgan fingerprint density at radius 3 is 2.75 bits per heavy atom. The summed E-state index contributed by atoms with van der Waals surface area (Å²) in [6.07, 6.45) is 3.57. The van der Waals surface area contributed by atoms with Gasteiger partial charge in [0, 0.05) is 10.6 Å². The Hall–Kier alpha value is -0.630. The van der Waals surface area contributed by atoms with Crippen molar-refractivity contribution in [2.24, 2.45) is 0 Å². The first-order valence-electron chi connectivity index (χ1n) is 4.31. The van der Waals surface area contributed by atoms with Crippen LogP contribution in [-0.4, -0.2) is 0 Å². The van der Waals surface area contributed by atoms with Crippen molar-refractivity contribution in [2.45, 2.75) is 31.1 Å². The van der Waals surface area contributed by atoms with Gasteiger partial charge in [-0.15, -0.1) is 12.6 Å². The standard InChI is InChI=1S/C10H15NS/c1-2-3-4-8-5-6-10(12)9(11)7-8/h5-7,12H,2-4,11H2,1H3. The summed E-state index contributed by atoms with van der Waals surface area (Å²) in [5.74, 6) is 0. The average Bonchev–Trinajstić information content (AvgIpc) is 2.07. The molecule has 66 valence electrons. The molecular weight excluding hydrogens is 166 g/mol. The van der Waals surface area contributed by atoms with Crippen molar-refractivity contribution in [2.75, 3.05) is 5.73 Å². The van der Waals surface area contributed by atoms with Crippen molar-refractivity contribution in [1.29, 1.82) is 0 Å². The number of nitrogens with two attached hydrogens (primary N) is 1. The van der Waals surface area contributed by atoms with E-state index in [1.54, 1.807) is 0 Å². The van der Waals surface area contributed by atoms with Gasteiger partial charge >= 0.3 is 0 Å². The summed E-state index contributed by atoms with van der Waals surface area (Å²) in [6.45, 7) is 2.19. The number of anilines is 1. The van der Waals surface area contributed by atoms with Crippen molar-refractivity contribution < 1.29 is 0 Å². The van der Waals surface area contributed by atoms with E-state index < -0.39 is 0 Å². The zero-order valence-electron chi connectivity index (χ0n) is 7.38. The molecule has 0 saturated heterocycles. The number of rotatable bonds is 3. The van der Waals surface area contributed by atoms with Crippen LogP contribution < -0.4 is 5.73 Å². The van der Waals surface area contributed by atoms with Crippen LogP contribution in [0.15, 0.2) is 23.1 Å². The fourth-order valence-electron chi connectivity index (χ4n) is 1.14. The lowest BCUT2D eigenvalue weighted by molar-refractivity contribution is 0.795. The number of hydrogen-bond acceptors (Lipinski definition) is 2. The summed E-state index contributed by atoms with van der Waals surface area (Å²) in [4.78, 5) is 0.871. The highest BCUT2D eigenvalue weighted by Crippen LogP contribution is 2.18. The minimum Gasteiger partial charge on any atom is -0.398 e. The van der Waals surface area contributed by atoms with Crippen molar-refractivity contribution in [3.63, 3.8) is 0 Å². The SMILES string of the molecule is CCCCc1ccc(S)c(N)c1. The summed E-state index contributed by atoms with van der Waals surface area (Å²) in [7, 11) is 0. The third-order valence-corrected chi connectivity index (χ3v) is 2.32. The average molecular weight is 181 g/mol. The molecule has 0 bridgehead atoms. The minimum atomic E-state index is 0.784. The first-order valence-corrected chi connectivity index (χ1v) is 4.76. The second kappa shape index (κ2) is 4.41. The third-order valence-electron chi connectivity index (χ3n) is 1.91. The van der Waals surface area contributed by atoms with Gasteiger partial charge in [-0.1, -0.05) is 19.4 Å². The van der Waals surface area contributed by atoms with E-state index in [4.69, 9.17) is 5.73 Å². The molecule has 12 heavy (non-hydrogen) atoms. The Balaban J connectivity index is 2.69. The Morgan fingerprint density at radius 1 is 1.42 bits per heavy atom. The molecule has 1 aromatic carbocycles. The van der Waals surface area contributed by atoms with Crippen LogP contribution in [-0.2, 0) is 6.42 Å². The molecule has 0 saturated carbocycles. The zero-order chi connectivity index (χ0) is 8.97. The summed E-state index contributed by atoms with van der Waals surface area (Å²) in [6, 6.07) is 6.07. The lowest BCUT2D eigenvalue weighted by atomic mass is 10.1. The van der Waals surface area contributed by atoms with Gasteiger partial charge in [0.1, 0.15) is 0 Å². The van der Waals surface area contributed by atoms with Crippen LogP contribution in [0.1, 0.15) is 25.3 Å². The highest BCUT2D eigenvalue weighted by Gasteiger charge is 1.96. The molecular formula is C10H15NS. The van der Waals surface area contributed by atoms with Gasteiger partial charge in [-0.25, -0.2) is 0 Å². The maximum Gasteiger partial charge on any atom is 0.0452 e. The van der Waals surface area contributed by atoms with Gasteiger partial charge < -0.3 is 5.73 Å². The monoisotopic (exact) mass is 181 g/mol. The Morgan fingerprint density at radius 2 is 2.17 bits per heavy atom. The van der Waals surface area contributed by atoms with E-state index in [9.17, 15) is 0 Å². The van der Waals surface area contributed by atoms with Crippen molar-refractivity contribution in [3.8, 4) is 0 Å². The van der Waals surface area contributed by atoms with Crippen molar-refractivity contribution in [1.82, 2.24) is 0 Å². The van der Waals surface area contributed by atoms with Gasteiger partial charge in [-0.05, 0) is 30.5 Å². The predicted molar refractivity (Wildman–Crippen MR) is 56.7 cm³/mol. The van der Waals surface area contributed by atoms with Crippen LogP contribution in [0, 0.1) is 0 Å². The van der Waals surface area contributed by atoms with Gasteiger partial charge in [-0.2, -0.15) is 0 Å². The van der Waals surface area contributed by atoms with Gasteiger partial charge in [0.2, 0.25) is 0 Å². The molecule has 1 nitrogen and oxygen atoms in total.